The van der Waals surface area contributed by atoms with Crippen LogP contribution < -0.4 is 0 Å². The standard InChI is InChI=1S/C11H24N2O/c1-6-9-13(10(4)5)11(14)12(7-2)8-3/h10H,6-9H2,1-5H3. The minimum Gasteiger partial charge on any atom is -0.325 e. The predicted molar refractivity (Wildman–Crippen MR) is 60.5 cm³/mol. The minimum atomic E-state index is 0.173. The van der Waals surface area contributed by atoms with E-state index in [-0.39, 0.29) is 6.03 Å². The summed E-state index contributed by atoms with van der Waals surface area (Å²) in [6, 6.07) is 0.468. The van der Waals surface area contributed by atoms with Crippen molar-refractivity contribution in [2.75, 3.05) is 19.6 Å². The maximum Gasteiger partial charge on any atom is 0.320 e. The second kappa shape index (κ2) is 6.68. The lowest BCUT2D eigenvalue weighted by molar-refractivity contribution is 0.144. The molecule has 0 fully saturated rings. The van der Waals surface area contributed by atoms with Crippen molar-refractivity contribution in [2.24, 2.45) is 0 Å². The van der Waals surface area contributed by atoms with Gasteiger partial charge in [-0.2, -0.15) is 0 Å². The zero-order valence-corrected chi connectivity index (χ0v) is 10.2. The Morgan fingerprint density at radius 1 is 1.14 bits per heavy atom. The number of carbonyl (C=O) groups is 1. The molecule has 0 bridgehead atoms. The lowest BCUT2D eigenvalue weighted by Crippen LogP contribution is -2.46. The minimum absolute atomic E-state index is 0.173. The van der Waals surface area contributed by atoms with Gasteiger partial charge in [0.15, 0.2) is 0 Å². The Labute approximate surface area is 88.1 Å². The van der Waals surface area contributed by atoms with Gasteiger partial charge in [-0.1, -0.05) is 6.92 Å². The van der Waals surface area contributed by atoms with E-state index in [4.69, 9.17) is 0 Å². The second-order valence-electron chi connectivity index (χ2n) is 3.74. The first-order valence-corrected chi connectivity index (χ1v) is 5.63. The molecule has 0 saturated heterocycles. The van der Waals surface area contributed by atoms with Crippen LogP contribution in [0.2, 0.25) is 0 Å². The fourth-order valence-corrected chi connectivity index (χ4v) is 1.49. The summed E-state index contributed by atoms with van der Waals surface area (Å²) in [5.74, 6) is 0. The second-order valence-corrected chi connectivity index (χ2v) is 3.74. The first kappa shape index (κ1) is 13.3. The summed E-state index contributed by atoms with van der Waals surface area (Å²) in [7, 11) is 0. The van der Waals surface area contributed by atoms with Crippen LogP contribution in [0.1, 0.15) is 41.0 Å². The molecule has 0 aliphatic rings. The molecule has 0 aliphatic carbocycles. The summed E-state index contributed by atoms with van der Waals surface area (Å²) in [6.45, 7) is 12.7. The van der Waals surface area contributed by atoms with E-state index >= 15 is 0 Å². The van der Waals surface area contributed by atoms with Crippen molar-refractivity contribution in [1.82, 2.24) is 9.80 Å². The summed E-state index contributed by atoms with van der Waals surface area (Å²) in [5, 5.41) is 0. The van der Waals surface area contributed by atoms with Gasteiger partial charge in [-0.3, -0.25) is 0 Å². The van der Waals surface area contributed by atoms with Crippen LogP contribution in [0.3, 0.4) is 0 Å². The first-order chi connectivity index (χ1) is 6.58. The Morgan fingerprint density at radius 3 is 1.93 bits per heavy atom. The summed E-state index contributed by atoms with van der Waals surface area (Å²) in [4.78, 5) is 15.8. The Hall–Kier alpha value is -0.730. The van der Waals surface area contributed by atoms with Gasteiger partial charge in [0, 0.05) is 25.7 Å². The lowest BCUT2D eigenvalue weighted by atomic mass is 10.3. The highest BCUT2D eigenvalue weighted by Gasteiger charge is 2.19. The van der Waals surface area contributed by atoms with E-state index in [1.165, 1.54) is 0 Å². The van der Waals surface area contributed by atoms with E-state index in [0.29, 0.717) is 6.04 Å². The number of urea groups is 1. The largest absolute Gasteiger partial charge is 0.325 e. The van der Waals surface area contributed by atoms with E-state index in [1.807, 2.05) is 23.6 Å². The van der Waals surface area contributed by atoms with Crippen LogP contribution in [0, 0.1) is 0 Å². The summed E-state index contributed by atoms with van der Waals surface area (Å²) < 4.78 is 0. The van der Waals surface area contributed by atoms with Crippen LogP contribution >= 0.6 is 0 Å². The molecule has 0 spiro atoms. The van der Waals surface area contributed by atoms with Crippen molar-refractivity contribution in [3.05, 3.63) is 0 Å². The summed E-state index contributed by atoms with van der Waals surface area (Å²) in [6.07, 6.45) is 1.02. The van der Waals surface area contributed by atoms with Crippen LogP contribution in [0.25, 0.3) is 0 Å². The molecule has 2 amide bonds. The molecule has 0 rings (SSSR count). The van der Waals surface area contributed by atoms with Gasteiger partial charge in [0.1, 0.15) is 0 Å². The van der Waals surface area contributed by atoms with Gasteiger partial charge in [-0.25, -0.2) is 4.79 Å². The molecular weight excluding hydrogens is 176 g/mol. The molecule has 0 saturated carbocycles. The van der Waals surface area contributed by atoms with Gasteiger partial charge in [0.05, 0.1) is 0 Å². The zero-order chi connectivity index (χ0) is 11.1. The van der Waals surface area contributed by atoms with Crippen LogP contribution in [-0.4, -0.2) is 41.5 Å². The van der Waals surface area contributed by atoms with Gasteiger partial charge in [0.25, 0.3) is 0 Å². The van der Waals surface area contributed by atoms with Gasteiger partial charge in [-0.15, -0.1) is 0 Å². The molecule has 0 aromatic carbocycles. The van der Waals surface area contributed by atoms with E-state index < -0.39 is 0 Å². The predicted octanol–water partition coefficient (Wildman–Crippen LogP) is 2.57. The van der Waals surface area contributed by atoms with Crippen molar-refractivity contribution < 1.29 is 4.79 Å². The number of carbonyl (C=O) groups excluding carboxylic acids is 1. The molecular formula is C11H24N2O. The number of hydrogen-bond donors (Lipinski definition) is 0. The zero-order valence-electron chi connectivity index (χ0n) is 10.2. The summed E-state index contributed by atoms with van der Waals surface area (Å²) in [5.41, 5.74) is 0. The van der Waals surface area contributed by atoms with E-state index in [1.54, 1.807) is 0 Å². The average molecular weight is 200 g/mol. The van der Waals surface area contributed by atoms with Crippen LogP contribution in [-0.2, 0) is 0 Å². The fourth-order valence-electron chi connectivity index (χ4n) is 1.49. The quantitative estimate of drug-likeness (QED) is 0.669. The van der Waals surface area contributed by atoms with Crippen LogP contribution in [0.15, 0.2) is 0 Å². The number of amides is 2. The average Bonchev–Trinajstić information content (AvgIpc) is 2.15. The van der Waals surface area contributed by atoms with E-state index in [2.05, 4.69) is 20.8 Å². The molecule has 3 heteroatoms. The number of nitrogens with zero attached hydrogens (tertiary/aromatic N) is 2. The van der Waals surface area contributed by atoms with Gasteiger partial charge in [-0.05, 0) is 34.1 Å². The normalized spacial score (nSPS) is 10.4. The molecule has 0 unspecified atom stereocenters. The topological polar surface area (TPSA) is 23.6 Å². The molecule has 0 aliphatic heterocycles. The molecule has 84 valence electrons. The molecule has 3 nitrogen and oxygen atoms in total. The molecule has 0 radical (unpaired) electrons. The molecule has 14 heavy (non-hydrogen) atoms. The van der Waals surface area contributed by atoms with E-state index in [0.717, 1.165) is 26.1 Å². The van der Waals surface area contributed by atoms with Gasteiger partial charge < -0.3 is 9.80 Å². The highest BCUT2D eigenvalue weighted by atomic mass is 16.2. The monoisotopic (exact) mass is 200 g/mol. The van der Waals surface area contributed by atoms with Crippen LogP contribution in [0.4, 0.5) is 4.79 Å². The Balaban J connectivity index is 4.40. The SMILES string of the molecule is CCCN(C(=O)N(CC)CC)C(C)C. The van der Waals surface area contributed by atoms with Crippen molar-refractivity contribution in [3.63, 3.8) is 0 Å². The first-order valence-electron chi connectivity index (χ1n) is 5.63. The number of rotatable bonds is 5. The smallest absolute Gasteiger partial charge is 0.320 e. The fraction of sp³-hybridized carbons (Fsp3) is 0.909. The van der Waals surface area contributed by atoms with Crippen molar-refractivity contribution in [1.29, 1.82) is 0 Å². The Kier molecular flexibility index (Phi) is 6.34. The maximum atomic E-state index is 12.0. The highest BCUT2D eigenvalue weighted by molar-refractivity contribution is 5.74. The third-order valence-electron chi connectivity index (χ3n) is 2.37. The highest BCUT2D eigenvalue weighted by Crippen LogP contribution is 2.05. The molecule has 0 N–H and O–H groups in total. The Morgan fingerprint density at radius 2 is 1.64 bits per heavy atom. The molecule has 0 atom stereocenters. The van der Waals surface area contributed by atoms with Gasteiger partial charge in [0.2, 0.25) is 0 Å². The Bertz CT molecular complexity index is 165. The third-order valence-corrected chi connectivity index (χ3v) is 2.37. The lowest BCUT2D eigenvalue weighted by Gasteiger charge is -2.32. The van der Waals surface area contributed by atoms with Crippen molar-refractivity contribution in [2.45, 2.75) is 47.1 Å². The number of hydrogen-bond acceptors (Lipinski definition) is 1. The van der Waals surface area contributed by atoms with E-state index in [9.17, 15) is 4.79 Å². The van der Waals surface area contributed by atoms with Gasteiger partial charge >= 0.3 is 6.03 Å². The van der Waals surface area contributed by atoms with Crippen molar-refractivity contribution >= 4 is 6.03 Å². The van der Waals surface area contributed by atoms with Crippen LogP contribution in [0.5, 0.6) is 0 Å². The third kappa shape index (κ3) is 3.56. The summed E-state index contributed by atoms with van der Waals surface area (Å²) >= 11 is 0. The maximum absolute atomic E-state index is 12.0. The van der Waals surface area contributed by atoms with Crippen molar-refractivity contribution in [3.8, 4) is 0 Å². The molecule has 0 heterocycles. The molecule has 0 aromatic rings. The molecule has 0 aromatic heterocycles.